The predicted molar refractivity (Wildman–Crippen MR) is 97.8 cm³/mol. The molecule has 4 heteroatoms. The highest BCUT2D eigenvalue weighted by molar-refractivity contribution is 6.30. The molecule has 0 heterocycles. The molecule has 2 atom stereocenters. The van der Waals surface area contributed by atoms with E-state index in [1.165, 1.54) is 0 Å². The number of anilines is 1. The van der Waals surface area contributed by atoms with Crippen LogP contribution < -0.4 is 10.1 Å². The van der Waals surface area contributed by atoms with Crippen LogP contribution in [-0.2, 0) is 4.79 Å². The molecule has 0 bridgehead atoms. The molecule has 0 radical (unpaired) electrons. The average Bonchev–Trinajstić information content (AvgIpc) is 2.62. The maximum atomic E-state index is 12.5. The number of nitrogens with one attached hydrogen (secondary N) is 1. The van der Waals surface area contributed by atoms with E-state index in [2.05, 4.69) is 5.32 Å². The molecule has 1 saturated carbocycles. The number of hydrogen-bond donors (Lipinski definition) is 1. The molecule has 1 aliphatic carbocycles. The SMILES string of the molecule is COc1ccc(N[C@H](c2ccc(Cl)cc2)C2CCCCC2=O)cc1. The van der Waals surface area contributed by atoms with Crippen LogP contribution in [0.25, 0.3) is 0 Å². The molecule has 1 fully saturated rings. The summed E-state index contributed by atoms with van der Waals surface area (Å²) in [6, 6.07) is 15.5. The topological polar surface area (TPSA) is 38.3 Å². The standard InChI is InChI=1S/C20H22ClNO2/c1-24-17-12-10-16(11-13-17)22-20(14-6-8-15(21)9-7-14)18-4-2-3-5-19(18)23/h6-13,18,20,22H,2-5H2,1H3/t18?,20-/m1/s1. The Labute approximate surface area is 148 Å². The number of methoxy groups -OCH3 is 1. The van der Waals surface area contributed by atoms with Gasteiger partial charge in [-0.05, 0) is 54.8 Å². The quantitative estimate of drug-likeness (QED) is 0.804. The molecule has 3 nitrogen and oxygen atoms in total. The molecule has 24 heavy (non-hydrogen) atoms. The Kier molecular flexibility index (Phi) is 5.41. The Bertz CT molecular complexity index is 682. The van der Waals surface area contributed by atoms with E-state index in [9.17, 15) is 4.79 Å². The van der Waals surface area contributed by atoms with Crippen molar-refractivity contribution in [3.8, 4) is 5.75 Å². The van der Waals surface area contributed by atoms with Gasteiger partial charge in [-0.15, -0.1) is 0 Å². The average molecular weight is 344 g/mol. The van der Waals surface area contributed by atoms with Crippen LogP contribution in [-0.4, -0.2) is 12.9 Å². The first kappa shape index (κ1) is 16.8. The summed E-state index contributed by atoms with van der Waals surface area (Å²) in [5.41, 5.74) is 2.07. The molecule has 0 amide bonds. The van der Waals surface area contributed by atoms with Crippen LogP contribution in [0.3, 0.4) is 0 Å². The zero-order chi connectivity index (χ0) is 16.9. The first-order chi connectivity index (χ1) is 11.7. The van der Waals surface area contributed by atoms with E-state index in [1.807, 2.05) is 48.5 Å². The second-order valence-corrected chi connectivity index (χ2v) is 6.66. The summed E-state index contributed by atoms with van der Waals surface area (Å²) in [7, 11) is 1.65. The monoisotopic (exact) mass is 343 g/mol. The fraction of sp³-hybridized carbons (Fsp3) is 0.350. The zero-order valence-electron chi connectivity index (χ0n) is 13.8. The summed E-state index contributed by atoms with van der Waals surface area (Å²) in [4.78, 5) is 12.5. The third-order valence-corrected chi connectivity index (χ3v) is 4.90. The number of ether oxygens (including phenoxy) is 1. The van der Waals surface area contributed by atoms with Gasteiger partial charge in [0.05, 0.1) is 13.2 Å². The van der Waals surface area contributed by atoms with Gasteiger partial charge in [-0.2, -0.15) is 0 Å². The maximum absolute atomic E-state index is 12.5. The Hall–Kier alpha value is -2.00. The van der Waals surface area contributed by atoms with E-state index in [0.29, 0.717) is 17.2 Å². The molecule has 2 aromatic rings. The van der Waals surface area contributed by atoms with Crippen LogP contribution in [0.15, 0.2) is 48.5 Å². The summed E-state index contributed by atoms with van der Waals surface area (Å²) >= 11 is 6.02. The molecule has 1 aliphatic rings. The van der Waals surface area contributed by atoms with Crippen molar-refractivity contribution in [2.75, 3.05) is 12.4 Å². The molecule has 3 rings (SSSR count). The highest BCUT2D eigenvalue weighted by Gasteiger charge is 2.31. The van der Waals surface area contributed by atoms with Gasteiger partial charge in [0.1, 0.15) is 11.5 Å². The molecule has 1 unspecified atom stereocenters. The van der Waals surface area contributed by atoms with Gasteiger partial charge in [0.25, 0.3) is 0 Å². The highest BCUT2D eigenvalue weighted by atomic mass is 35.5. The smallest absolute Gasteiger partial charge is 0.138 e. The summed E-state index contributed by atoms with van der Waals surface area (Å²) in [5, 5.41) is 4.25. The van der Waals surface area contributed by atoms with Crippen LogP contribution >= 0.6 is 11.6 Å². The van der Waals surface area contributed by atoms with Gasteiger partial charge in [0.2, 0.25) is 0 Å². The van der Waals surface area contributed by atoms with Gasteiger partial charge < -0.3 is 10.1 Å². The minimum atomic E-state index is -0.0385. The number of benzene rings is 2. The van der Waals surface area contributed by atoms with Crippen molar-refractivity contribution in [2.45, 2.75) is 31.7 Å². The van der Waals surface area contributed by atoms with E-state index >= 15 is 0 Å². The molecule has 0 saturated heterocycles. The maximum Gasteiger partial charge on any atom is 0.138 e. The van der Waals surface area contributed by atoms with Gasteiger partial charge in [-0.3, -0.25) is 4.79 Å². The van der Waals surface area contributed by atoms with E-state index in [1.54, 1.807) is 7.11 Å². The summed E-state index contributed by atoms with van der Waals surface area (Å²) in [5.74, 6) is 1.17. The normalized spacial score (nSPS) is 18.9. The van der Waals surface area contributed by atoms with Crippen molar-refractivity contribution in [2.24, 2.45) is 5.92 Å². The Balaban J connectivity index is 1.88. The van der Waals surface area contributed by atoms with Crippen LogP contribution in [0, 0.1) is 5.92 Å². The van der Waals surface area contributed by atoms with Crippen LogP contribution in [0.1, 0.15) is 37.3 Å². The fourth-order valence-electron chi connectivity index (χ4n) is 3.32. The lowest BCUT2D eigenvalue weighted by Gasteiger charge is -2.31. The number of carbonyl (C=O) groups is 1. The molecule has 2 aromatic carbocycles. The predicted octanol–water partition coefficient (Wildman–Crippen LogP) is 5.26. The lowest BCUT2D eigenvalue weighted by molar-refractivity contribution is -0.125. The largest absolute Gasteiger partial charge is 0.497 e. The first-order valence-electron chi connectivity index (χ1n) is 8.36. The van der Waals surface area contributed by atoms with E-state index in [0.717, 1.165) is 36.3 Å². The van der Waals surface area contributed by atoms with Crippen LogP contribution in [0.4, 0.5) is 5.69 Å². The number of Topliss-reactive ketones (excluding diaryl/α,β-unsaturated/α-hetero) is 1. The number of halogens is 1. The molecule has 0 spiro atoms. The van der Waals surface area contributed by atoms with E-state index in [-0.39, 0.29) is 12.0 Å². The molecular weight excluding hydrogens is 322 g/mol. The number of ketones is 1. The molecular formula is C20H22ClNO2. The second-order valence-electron chi connectivity index (χ2n) is 6.22. The van der Waals surface area contributed by atoms with Crippen molar-refractivity contribution >= 4 is 23.1 Å². The van der Waals surface area contributed by atoms with Crippen molar-refractivity contribution in [1.29, 1.82) is 0 Å². The number of carbonyl (C=O) groups excluding carboxylic acids is 1. The van der Waals surface area contributed by atoms with E-state index < -0.39 is 0 Å². The Morgan fingerprint density at radius 3 is 2.42 bits per heavy atom. The Morgan fingerprint density at radius 1 is 1.08 bits per heavy atom. The van der Waals surface area contributed by atoms with Gasteiger partial charge in [-0.1, -0.05) is 30.2 Å². The lowest BCUT2D eigenvalue weighted by Crippen LogP contribution is -2.30. The zero-order valence-corrected chi connectivity index (χ0v) is 14.6. The minimum Gasteiger partial charge on any atom is -0.497 e. The summed E-state index contributed by atoms with van der Waals surface area (Å²) < 4.78 is 5.21. The highest BCUT2D eigenvalue weighted by Crippen LogP contribution is 2.35. The molecule has 0 aromatic heterocycles. The summed E-state index contributed by atoms with van der Waals surface area (Å²) in [6.07, 6.45) is 3.71. The summed E-state index contributed by atoms with van der Waals surface area (Å²) in [6.45, 7) is 0. The van der Waals surface area contributed by atoms with Crippen LogP contribution in [0.2, 0.25) is 5.02 Å². The Morgan fingerprint density at radius 2 is 1.79 bits per heavy atom. The minimum absolute atomic E-state index is 0.00188. The number of rotatable bonds is 5. The van der Waals surface area contributed by atoms with Gasteiger partial charge in [0, 0.05) is 23.0 Å². The molecule has 126 valence electrons. The second kappa shape index (κ2) is 7.71. The molecule has 1 N–H and O–H groups in total. The fourth-order valence-corrected chi connectivity index (χ4v) is 3.44. The van der Waals surface area contributed by atoms with Crippen molar-refractivity contribution in [3.63, 3.8) is 0 Å². The lowest BCUT2D eigenvalue weighted by atomic mass is 9.80. The molecule has 0 aliphatic heterocycles. The third-order valence-electron chi connectivity index (χ3n) is 4.65. The first-order valence-corrected chi connectivity index (χ1v) is 8.74. The van der Waals surface area contributed by atoms with Gasteiger partial charge >= 0.3 is 0 Å². The van der Waals surface area contributed by atoms with Crippen LogP contribution in [0.5, 0.6) is 5.75 Å². The van der Waals surface area contributed by atoms with Gasteiger partial charge in [-0.25, -0.2) is 0 Å². The van der Waals surface area contributed by atoms with Gasteiger partial charge in [0.15, 0.2) is 0 Å². The van der Waals surface area contributed by atoms with Crippen molar-refractivity contribution in [3.05, 3.63) is 59.1 Å². The van der Waals surface area contributed by atoms with Crippen molar-refractivity contribution in [1.82, 2.24) is 0 Å². The van der Waals surface area contributed by atoms with Crippen molar-refractivity contribution < 1.29 is 9.53 Å². The third kappa shape index (κ3) is 3.90. The van der Waals surface area contributed by atoms with E-state index in [4.69, 9.17) is 16.3 Å². The number of hydrogen-bond acceptors (Lipinski definition) is 3.